The van der Waals surface area contributed by atoms with E-state index in [1.54, 1.807) is 6.08 Å². The van der Waals surface area contributed by atoms with Gasteiger partial charge in [-0.1, -0.05) is 197 Å². The van der Waals surface area contributed by atoms with Crippen LogP contribution in [-0.2, 0) is 18.4 Å². The van der Waals surface area contributed by atoms with Gasteiger partial charge in [-0.05, 0) is 77.0 Å². The van der Waals surface area contributed by atoms with Crippen molar-refractivity contribution in [2.75, 3.05) is 40.9 Å². The molecule has 0 rings (SSSR count). The van der Waals surface area contributed by atoms with Crippen molar-refractivity contribution in [2.24, 2.45) is 0 Å². The highest BCUT2D eigenvalue weighted by Crippen LogP contribution is 2.38. The molecule has 2 N–H and O–H groups in total. The Hall–Kier alpha value is -1.80. The van der Waals surface area contributed by atoms with Gasteiger partial charge < -0.3 is 28.8 Å². The number of carbonyl (C=O) groups excluding carboxylic acids is 1. The fourth-order valence-corrected chi connectivity index (χ4v) is 7.82. The number of nitrogens with zero attached hydrogens (tertiary/aromatic N) is 1. The van der Waals surface area contributed by atoms with Crippen LogP contribution in [0.4, 0.5) is 0 Å². The first-order valence-electron chi connectivity index (χ1n) is 25.7. The quantitative estimate of drug-likeness (QED) is 0.0273. The maximum Gasteiger partial charge on any atom is 0.268 e. The molecule has 0 aliphatic carbocycles. The van der Waals surface area contributed by atoms with E-state index in [9.17, 15) is 19.4 Å². The van der Waals surface area contributed by atoms with Gasteiger partial charge in [-0.15, -0.1) is 0 Å². The number of hydrogen-bond donors (Lipinski definition) is 2. The average Bonchev–Trinajstić information content (AvgIpc) is 3.23. The highest BCUT2D eigenvalue weighted by molar-refractivity contribution is 7.45. The number of nitrogens with one attached hydrogen (secondary N) is 1. The van der Waals surface area contributed by atoms with Gasteiger partial charge >= 0.3 is 0 Å². The topological polar surface area (TPSA) is 108 Å². The fourth-order valence-electron chi connectivity index (χ4n) is 7.10. The second-order valence-electron chi connectivity index (χ2n) is 18.5. The van der Waals surface area contributed by atoms with E-state index < -0.39 is 26.6 Å². The molecule has 9 heteroatoms. The third kappa shape index (κ3) is 46.2. The SMILES string of the molecule is CCCCC/C=C\C/C=C\CCCCCCCCCCCC(=O)NC(COP(=O)([O-])OCC[N+](C)(C)C)C(O)/C=C/CC/C=C/CC/C=C/CCCCCCCCCCCCC. The molecule has 362 valence electrons. The molecule has 0 aromatic rings. The van der Waals surface area contributed by atoms with E-state index in [0.29, 0.717) is 17.4 Å². The Morgan fingerprint density at radius 2 is 0.952 bits per heavy atom. The lowest BCUT2D eigenvalue weighted by atomic mass is 10.1. The highest BCUT2D eigenvalue weighted by atomic mass is 31.2. The van der Waals surface area contributed by atoms with Crippen LogP contribution in [-0.4, -0.2) is 68.5 Å². The van der Waals surface area contributed by atoms with E-state index in [-0.39, 0.29) is 12.5 Å². The summed E-state index contributed by atoms with van der Waals surface area (Å²) in [4.78, 5) is 25.4. The predicted molar refractivity (Wildman–Crippen MR) is 265 cm³/mol. The second-order valence-corrected chi connectivity index (χ2v) is 19.9. The number of unbranched alkanes of at least 4 members (excludes halogenated alkanes) is 25. The molecule has 0 aromatic heterocycles. The van der Waals surface area contributed by atoms with E-state index in [2.05, 4.69) is 67.8 Å². The molecule has 0 aliphatic rings. The van der Waals surface area contributed by atoms with Gasteiger partial charge in [0.15, 0.2) is 0 Å². The summed E-state index contributed by atoms with van der Waals surface area (Å²) in [5.41, 5.74) is 0. The number of likely N-dealkylation sites (N-methyl/N-ethyl adjacent to an activating group) is 1. The summed E-state index contributed by atoms with van der Waals surface area (Å²) < 4.78 is 23.3. The Bertz CT molecular complexity index is 1190. The number of aliphatic hydroxyl groups is 1. The summed E-state index contributed by atoms with van der Waals surface area (Å²) in [6.07, 6.45) is 58.5. The van der Waals surface area contributed by atoms with Crippen LogP contribution >= 0.6 is 7.82 Å². The summed E-state index contributed by atoms with van der Waals surface area (Å²) in [7, 11) is 1.23. The Balaban J connectivity index is 4.41. The van der Waals surface area contributed by atoms with E-state index in [0.717, 1.165) is 51.4 Å². The number of hydrogen-bond acceptors (Lipinski definition) is 6. The largest absolute Gasteiger partial charge is 0.756 e. The normalized spacial score (nSPS) is 14.6. The Morgan fingerprint density at radius 1 is 0.565 bits per heavy atom. The molecule has 8 nitrogen and oxygen atoms in total. The van der Waals surface area contributed by atoms with Crippen molar-refractivity contribution in [1.82, 2.24) is 5.32 Å². The number of phosphoric ester groups is 1. The van der Waals surface area contributed by atoms with Crippen molar-refractivity contribution < 1.29 is 32.9 Å². The molecule has 3 atom stereocenters. The van der Waals surface area contributed by atoms with Crippen LogP contribution in [0.25, 0.3) is 0 Å². The van der Waals surface area contributed by atoms with Gasteiger partial charge in [-0.3, -0.25) is 9.36 Å². The van der Waals surface area contributed by atoms with E-state index in [4.69, 9.17) is 9.05 Å². The van der Waals surface area contributed by atoms with E-state index in [1.165, 1.54) is 148 Å². The van der Waals surface area contributed by atoms with Crippen molar-refractivity contribution in [3.8, 4) is 0 Å². The fraction of sp³-hybridized carbons (Fsp3) is 0.792. The highest BCUT2D eigenvalue weighted by Gasteiger charge is 2.23. The lowest BCUT2D eigenvalue weighted by Gasteiger charge is -2.29. The Labute approximate surface area is 383 Å². The number of amides is 1. The standard InChI is InChI=1S/C53H99N2O6P/c1-6-8-10-12-14-16-18-20-22-24-26-27-29-30-32-34-36-38-40-42-44-46-52(56)51(50-61-62(58,59)60-49-48-55(3,4)5)54-53(57)47-45-43-41-39-37-35-33-31-28-25-23-21-19-17-15-13-11-9-7-2/h15,17,21,23,29-30,36,38,44,46,51-52,56H,6-14,16,18-20,22,24-28,31-35,37,39-43,45,47-50H2,1-5H3,(H-,54,57,58,59)/b17-15-,23-21-,30-29+,38-36+,46-44+. The molecule has 0 aromatic carbocycles. The molecule has 0 spiro atoms. The van der Waals surface area contributed by atoms with Gasteiger partial charge in [-0.2, -0.15) is 0 Å². The monoisotopic (exact) mass is 891 g/mol. The van der Waals surface area contributed by atoms with Crippen LogP contribution in [0.3, 0.4) is 0 Å². The van der Waals surface area contributed by atoms with Gasteiger partial charge in [0, 0.05) is 6.42 Å². The van der Waals surface area contributed by atoms with Crippen molar-refractivity contribution in [3.05, 3.63) is 60.8 Å². The number of phosphoric acid groups is 1. The second kappa shape index (κ2) is 44.4. The van der Waals surface area contributed by atoms with Crippen LogP contribution in [0.2, 0.25) is 0 Å². The molecule has 0 saturated carbocycles. The number of quaternary nitrogens is 1. The summed E-state index contributed by atoms with van der Waals surface area (Å²) >= 11 is 0. The third-order valence-corrected chi connectivity index (χ3v) is 12.1. The lowest BCUT2D eigenvalue weighted by Crippen LogP contribution is -2.45. The van der Waals surface area contributed by atoms with E-state index in [1.807, 2.05) is 27.2 Å². The van der Waals surface area contributed by atoms with Crippen molar-refractivity contribution in [3.63, 3.8) is 0 Å². The Morgan fingerprint density at radius 3 is 1.44 bits per heavy atom. The minimum atomic E-state index is -4.61. The van der Waals surface area contributed by atoms with Crippen molar-refractivity contribution in [1.29, 1.82) is 0 Å². The molecule has 0 aliphatic heterocycles. The lowest BCUT2D eigenvalue weighted by molar-refractivity contribution is -0.870. The number of aliphatic hydroxyl groups excluding tert-OH is 1. The molecule has 0 heterocycles. The molecule has 0 saturated heterocycles. The summed E-state index contributed by atoms with van der Waals surface area (Å²) in [6.45, 7) is 4.59. The molecule has 0 bridgehead atoms. The molecular formula is C53H99N2O6P. The zero-order chi connectivity index (χ0) is 45.7. The molecular weight excluding hydrogens is 792 g/mol. The first-order chi connectivity index (χ1) is 30.0. The van der Waals surface area contributed by atoms with Gasteiger partial charge in [0.1, 0.15) is 13.2 Å². The maximum atomic E-state index is 12.9. The number of rotatable bonds is 46. The predicted octanol–water partition coefficient (Wildman–Crippen LogP) is 14.3. The van der Waals surface area contributed by atoms with Gasteiger partial charge in [0.2, 0.25) is 5.91 Å². The molecule has 0 radical (unpaired) electrons. The first kappa shape index (κ1) is 60.2. The summed E-state index contributed by atoms with van der Waals surface area (Å²) in [5, 5.41) is 13.8. The number of allylic oxidation sites excluding steroid dienone is 9. The summed E-state index contributed by atoms with van der Waals surface area (Å²) in [5.74, 6) is -0.217. The van der Waals surface area contributed by atoms with E-state index >= 15 is 0 Å². The van der Waals surface area contributed by atoms with Gasteiger partial charge in [0.25, 0.3) is 7.82 Å². The maximum absolute atomic E-state index is 12.9. The van der Waals surface area contributed by atoms with Crippen LogP contribution in [0.5, 0.6) is 0 Å². The minimum Gasteiger partial charge on any atom is -0.756 e. The minimum absolute atomic E-state index is 0.0117. The van der Waals surface area contributed by atoms with Gasteiger partial charge in [0.05, 0.1) is 39.9 Å². The first-order valence-corrected chi connectivity index (χ1v) is 27.1. The van der Waals surface area contributed by atoms with Gasteiger partial charge in [-0.25, -0.2) is 0 Å². The summed E-state index contributed by atoms with van der Waals surface area (Å²) in [6, 6.07) is -0.914. The molecule has 62 heavy (non-hydrogen) atoms. The van der Waals surface area contributed by atoms with Crippen LogP contribution in [0.15, 0.2) is 60.8 Å². The zero-order valence-electron chi connectivity index (χ0n) is 41.1. The third-order valence-electron chi connectivity index (χ3n) is 11.2. The zero-order valence-corrected chi connectivity index (χ0v) is 42.0. The Kier molecular flexibility index (Phi) is 43.1. The number of carbonyl (C=O) groups is 1. The van der Waals surface area contributed by atoms with Crippen LogP contribution in [0, 0.1) is 0 Å². The molecule has 0 fully saturated rings. The van der Waals surface area contributed by atoms with Crippen molar-refractivity contribution >= 4 is 13.7 Å². The smallest absolute Gasteiger partial charge is 0.268 e. The molecule has 1 amide bonds. The molecule has 3 unspecified atom stereocenters. The van der Waals surface area contributed by atoms with Crippen LogP contribution < -0.4 is 10.2 Å². The van der Waals surface area contributed by atoms with Crippen LogP contribution in [0.1, 0.15) is 219 Å². The average molecular weight is 891 g/mol. The van der Waals surface area contributed by atoms with Crippen molar-refractivity contribution in [2.45, 2.75) is 231 Å².